The number of aromatic nitrogens is 1. The van der Waals surface area contributed by atoms with Crippen molar-refractivity contribution >= 4 is 16.6 Å². The van der Waals surface area contributed by atoms with E-state index in [1.54, 1.807) is 0 Å². The Morgan fingerprint density at radius 2 is 2.05 bits per heavy atom. The second-order valence-electron chi connectivity index (χ2n) is 4.97. The molecule has 0 aliphatic carbocycles. The molecule has 21 heavy (non-hydrogen) atoms. The number of ether oxygens (including phenoxy) is 1. The van der Waals surface area contributed by atoms with Crippen LogP contribution in [-0.4, -0.2) is 38.3 Å². The number of nitrogens with zero attached hydrogens (tertiary/aromatic N) is 2. The summed E-state index contributed by atoms with van der Waals surface area (Å²) in [7, 11) is 1.95. The van der Waals surface area contributed by atoms with Gasteiger partial charge < -0.3 is 15.0 Å². The first-order chi connectivity index (χ1) is 10.3. The van der Waals surface area contributed by atoms with E-state index in [0.717, 1.165) is 44.4 Å². The summed E-state index contributed by atoms with van der Waals surface area (Å²) < 4.78 is 5.50. The van der Waals surface area contributed by atoms with E-state index in [4.69, 9.17) is 9.72 Å². The predicted octanol–water partition coefficient (Wildman–Crippen LogP) is 2.82. The highest BCUT2D eigenvalue weighted by molar-refractivity contribution is 5.92. The molecule has 2 rings (SSSR count). The zero-order valence-corrected chi connectivity index (χ0v) is 13.2. The average Bonchev–Trinajstić information content (AvgIpc) is 2.51. The minimum atomic E-state index is 0.733. The van der Waals surface area contributed by atoms with Gasteiger partial charge in [0.1, 0.15) is 5.82 Å². The lowest BCUT2D eigenvalue weighted by Gasteiger charge is -2.24. The van der Waals surface area contributed by atoms with Crippen LogP contribution in [0, 0.1) is 0 Å². The number of hydrogen-bond donors (Lipinski definition) is 1. The normalized spacial score (nSPS) is 11.0. The van der Waals surface area contributed by atoms with Gasteiger partial charge in [-0.25, -0.2) is 4.98 Å². The molecule has 2 aromatic rings. The second-order valence-corrected chi connectivity index (χ2v) is 4.97. The van der Waals surface area contributed by atoms with Crippen molar-refractivity contribution in [3.8, 4) is 0 Å². The Morgan fingerprint density at radius 3 is 2.76 bits per heavy atom. The van der Waals surface area contributed by atoms with E-state index in [1.807, 2.05) is 14.0 Å². The standard InChI is InChI=1S/C17H25N3O/c1-4-20(10-11-21-5-2)17-16-9-7-6-8-14(16)12-15(19-17)13-18-3/h6-9,12,18H,4-5,10-11,13H2,1-3H3. The summed E-state index contributed by atoms with van der Waals surface area (Å²) in [5.41, 5.74) is 1.07. The molecule has 1 aromatic heterocycles. The molecule has 0 atom stereocenters. The minimum absolute atomic E-state index is 0.733. The Morgan fingerprint density at radius 1 is 1.24 bits per heavy atom. The van der Waals surface area contributed by atoms with E-state index in [0.29, 0.717) is 0 Å². The fourth-order valence-electron chi connectivity index (χ4n) is 2.48. The number of benzene rings is 1. The van der Waals surface area contributed by atoms with Crippen LogP contribution in [0.3, 0.4) is 0 Å². The highest BCUT2D eigenvalue weighted by Gasteiger charge is 2.12. The minimum Gasteiger partial charge on any atom is -0.380 e. The van der Waals surface area contributed by atoms with Gasteiger partial charge in [-0.1, -0.05) is 24.3 Å². The molecule has 0 spiro atoms. The molecule has 0 fully saturated rings. The van der Waals surface area contributed by atoms with E-state index in [9.17, 15) is 0 Å². The van der Waals surface area contributed by atoms with Gasteiger partial charge in [0.15, 0.2) is 0 Å². The second kappa shape index (κ2) is 7.96. The Balaban J connectivity index is 2.38. The number of fused-ring (bicyclic) bond motifs is 1. The highest BCUT2D eigenvalue weighted by atomic mass is 16.5. The molecule has 1 N–H and O–H groups in total. The van der Waals surface area contributed by atoms with Gasteiger partial charge in [0, 0.05) is 31.6 Å². The Bertz CT molecular complexity index is 571. The topological polar surface area (TPSA) is 37.4 Å². The summed E-state index contributed by atoms with van der Waals surface area (Å²) in [6.45, 7) is 8.24. The third kappa shape index (κ3) is 3.93. The fourth-order valence-corrected chi connectivity index (χ4v) is 2.48. The smallest absolute Gasteiger partial charge is 0.136 e. The molecule has 114 valence electrons. The molecule has 0 saturated carbocycles. The van der Waals surface area contributed by atoms with Crippen molar-refractivity contribution in [1.29, 1.82) is 0 Å². The molecule has 1 heterocycles. The summed E-state index contributed by atoms with van der Waals surface area (Å²) in [6, 6.07) is 10.6. The highest BCUT2D eigenvalue weighted by Crippen LogP contribution is 2.25. The van der Waals surface area contributed by atoms with Gasteiger partial charge >= 0.3 is 0 Å². The van der Waals surface area contributed by atoms with Gasteiger partial charge in [-0.3, -0.25) is 0 Å². The number of pyridine rings is 1. The van der Waals surface area contributed by atoms with Crippen LogP contribution in [-0.2, 0) is 11.3 Å². The van der Waals surface area contributed by atoms with Gasteiger partial charge in [-0.05, 0) is 32.3 Å². The van der Waals surface area contributed by atoms with Crippen molar-refractivity contribution in [2.24, 2.45) is 0 Å². The average molecular weight is 287 g/mol. The quantitative estimate of drug-likeness (QED) is 0.758. The monoisotopic (exact) mass is 287 g/mol. The van der Waals surface area contributed by atoms with Gasteiger partial charge in [0.2, 0.25) is 0 Å². The zero-order chi connectivity index (χ0) is 15.1. The summed E-state index contributed by atoms with van der Waals surface area (Å²) in [5, 5.41) is 5.62. The van der Waals surface area contributed by atoms with E-state index in [1.165, 1.54) is 10.8 Å². The van der Waals surface area contributed by atoms with Crippen LogP contribution in [0.15, 0.2) is 30.3 Å². The lowest BCUT2D eigenvalue weighted by molar-refractivity contribution is 0.154. The van der Waals surface area contributed by atoms with Crippen molar-refractivity contribution in [3.05, 3.63) is 36.0 Å². The number of nitrogens with one attached hydrogen (secondary N) is 1. The molecule has 0 amide bonds. The van der Waals surface area contributed by atoms with Crippen LogP contribution < -0.4 is 10.2 Å². The summed E-state index contributed by atoms with van der Waals surface area (Å²) in [4.78, 5) is 7.14. The molecule has 4 nitrogen and oxygen atoms in total. The predicted molar refractivity (Wildman–Crippen MR) is 88.9 cm³/mol. The molecule has 1 aromatic carbocycles. The van der Waals surface area contributed by atoms with Crippen LogP contribution in [0.2, 0.25) is 0 Å². The molecular formula is C17H25N3O. The first-order valence-electron chi connectivity index (χ1n) is 7.66. The first-order valence-corrected chi connectivity index (χ1v) is 7.66. The van der Waals surface area contributed by atoms with Crippen molar-refractivity contribution in [1.82, 2.24) is 10.3 Å². The van der Waals surface area contributed by atoms with Crippen LogP contribution in [0.25, 0.3) is 10.8 Å². The molecule has 0 aliphatic heterocycles. The fraction of sp³-hybridized carbons (Fsp3) is 0.471. The molecule has 0 aliphatic rings. The third-order valence-electron chi connectivity index (χ3n) is 3.52. The van der Waals surface area contributed by atoms with E-state index in [2.05, 4.69) is 47.5 Å². The first kappa shape index (κ1) is 15.7. The Kier molecular flexibility index (Phi) is 5.96. The van der Waals surface area contributed by atoms with E-state index < -0.39 is 0 Å². The van der Waals surface area contributed by atoms with Gasteiger partial charge in [-0.2, -0.15) is 0 Å². The van der Waals surface area contributed by atoms with Gasteiger partial charge in [0.25, 0.3) is 0 Å². The number of hydrogen-bond acceptors (Lipinski definition) is 4. The SMILES string of the molecule is CCOCCN(CC)c1nc(CNC)cc2ccccc12. The van der Waals surface area contributed by atoms with Crippen LogP contribution in [0.4, 0.5) is 5.82 Å². The lowest BCUT2D eigenvalue weighted by atomic mass is 10.1. The zero-order valence-electron chi connectivity index (χ0n) is 13.2. The van der Waals surface area contributed by atoms with Crippen LogP contribution >= 0.6 is 0 Å². The third-order valence-corrected chi connectivity index (χ3v) is 3.52. The van der Waals surface area contributed by atoms with Gasteiger partial charge in [-0.15, -0.1) is 0 Å². The maximum absolute atomic E-state index is 5.50. The van der Waals surface area contributed by atoms with Crippen molar-refractivity contribution in [2.75, 3.05) is 38.3 Å². The Hall–Kier alpha value is -1.65. The number of likely N-dealkylation sites (N-methyl/N-ethyl adjacent to an activating group) is 1. The summed E-state index contributed by atoms with van der Waals surface area (Å²) in [5.74, 6) is 1.06. The lowest BCUT2D eigenvalue weighted by Crippen LogP contribution is -2.28. The molecule has 0 bridgehead atoms. The maximum atomic E-state index is 5.50. The van der Waals surface area contributed by atoms with Crippen molar-refractivity contribution in [2.45, 2.75) is 20.4 Å². The maximum Gasteiger partial charge on any atom is 0.136 e. The molecule has 0 saturated heterocycles. The van der Waals surface area contributed by atoms with Crippen molar-refractivity contribution < 1.29 is 4.74 Å². The number of anilines is 1. The van der Waals surface area contributed by atoms with Crippen molar-refractivity contribution in [3.63, 3.8) is 0 Å². The van der Waals surface area contributed by atoms with Crippen LogP contribution in [0.1, 0.15) is 19.5 Å². The molecule has 0 radical (unpaired) electrons. The Labute approximate surface area is 127 Å². The van der Waals surface area contributed by atoms with Gasteiger partial charge in [0.05, 0.1) is 12.3 Å². The number of rotatable bonds is 8. The largest absolute Gasteiger partial charge is 0.380 e. The van der Waals surface area contributed by atoms with Crippen LogP contribution in [0.5, 0.6) is 0 Å². The van der Waals surface area contributed by atoms with E-state index >= 15 is 0 Å². The summed E-state index contributed by atoms with van der Waals surface area (Å²) in [6.07, 6.45) is 0. The summed E-state index contributed by atoms with van der Waals surface area (Å²) >= 11 is 0. The molecular weight excluding hydrogens is 262 g/mol. The molecule has 0 unspecified atom stereocenters. The molecule has 4 heteroatoms. The van der Waals surface area contributed by atoms with E-state index in [-0.39, 0.29) is 0 Å².